The van der Waals surface area contributed by atoms with Gasteiger partial charge in [-0.25, -0.2) is 9.79 Å². The zero-order chi connectivity index (χ0) is 16.5. The lowest BCUT2D eigenvalue weighted by atomic mass is 10.1. The van der Waals surface area contributed by atoms with Crippen LogP contribution < -0.4 is 10.6 Å². The maximum absolute atomic E-state index is 11.6. The number of methoxy groups -OCH3 is 1. The molecule has 6 nitrogen and oxygen atoms in total. The number of aliphatic imine (C=N–C) groups is 1. The Hall–Kier alpha value is -1.25. The molecule has 132 valence electrons. The van der Waals surface area contributed by atoms with Gasteiger partial charge in [0.15, 0.2) is 5.96 Å². The first-order chi connectivity index (χ1) is 10.5. The van der Waals surface area contributed by atoms with E-state index in [2.05, 4.69) is 29.5 Å². The monoisotopic (exact) mass is 437 g/mol. The second-order valence-corrected chi connectivity index (χ2v) is 5.48. The van der Waals surface area contributed by atoms with Gasteiger partial charge in [-0.05, 0) is 32.3 Å². The van der Waals surface area contributed by atoms with E-state index < -0.39 is 5.97 Å². The van der Waals surface area contributed by atoms with Crippen LogP contribution in [0.4, 0.5) is 0 Å². The van der Waals surface area contributed by atoms with E-state index in [0.717, 1.165) is 25.5 Å². The second-order valence-electron chi connectivity index (χ2n) is 5.48. The summed E-state index contributed by atoms with van der Waals surface area (Å²) in [6.07, 6.45) is 1.08. The van der Waals surface area contributed by atoms with Gasteiger partial charge in [0.1, 0.15) is 23.6 Å². The number of hydrogen-bond acceptors (Lipinski definition) is 4. The molecule has 0 aromatic carbocycles. The lowest BCUT2D eigenvalue weighted by Crippen LogP contribution is -2.38. The van der Waals surface area contributed by atoms with E-state index in [-0.39, 0.29) is 24.0 Å². The third kappa shape index (κ3) is 7.71. The normalized spacial score (nSPS) is 11.1. The summed E-state index contributed by atoms with van der Waals surface area (Å²) in [5, 5.41) is 6.47. The number of guanidine groups is 1. The number of furan rings is 1. The maximum Gasteiger partial charge on any atom is 0.341 e. The molecular formula is C16H28IN3O3. The molecule has 1 heterocycles. The van der Waals surface area contributed by atoms with Crippen LogP contribution in [0, 0.1) is 12.8 Å². The van der Waals surface area contributed by atoms with Gasteiger partial charge >= 0.3 is 5.97 Å². The highest BCUT2D eigenvalue weighted by molar-refractivity contribution is 14.0. The van der Waals surface area contributed by atoms with Crippen molar-refractivity contribution in [2.75, 3.05) is 20.2 Å². The molecule has 0 aliphatic heterocycles. The van der Waals surface area contributed by atoms with Gasteiger partial charge in [0.25, 0.3) is 0 Å². The Morgan fingerprint density at radius 1 is 1.39 bits per heavy atom. The zero-order valence-electron chi connectivity index (χ0n) is 14.6. The Labute approximate surface area is 155 Å². The number of nitrogens with one attached hydrogen (secondary N) is 2. The average Bonchev–Trinajstić information content (AvgIpc) is 2.84. The van der Waals surface area contributed by atoms with Gasteiger partial charge in [-0.2, -0.15) is 0 Å². The van der Waals surface area contributed by atoms with E-state index in [9.17, 15) is 4.79 Å². The average molecular weight is 437 g/mol. The van der Waals surface area contributed by atoms with Crippen LogP contribution in [0.2, 0.25) is 0 Å². The summed E-state index contributed by atoms with van der Waals surface area (Å²) in [5.41, 5.74) is 0.450. The fourth-order valence-corrected chi connectivity index (χ4v) is 1.91. The number of esters is 1. The largest absolute Gasteiger partial charge is 0.465 e. The minimum absolute atomic E-state index is 0. The van der Waals surface area contributed by atoms with Crippen LogP contribution in [0.15, 0.2) is 15.5 Å². The summed E-state index contributed by atoms with van der Waals surface area (Å²) in [4.78, 5) is 16.0. The summed E-state index contributed by atoms with van der Waals surface area (Å²) >= 11 is 0. The van der Waals surface area contributed by atoms with Crippen molar-refractivity contribution in [1.29, 1.82) is 0 Å². The van der Waals surface area contributed by atoms with Crippen LogP contribution in [-0.4, -0.2) is 32.1 Å². The molecule has 0 spiro atoms. The molecule has 1 rings (SSSR count). The van der Waals surface area contributed by atoms with Crippen molar-refractivity contribution < 1.29 is 13.9 Å². The molecule has 0 saturated heterocycles. The Balaban J connectivity index is 0.00000484. The summed E-state index contributed by atoms with van der Waals surface area (Å²) in [6, 6.07) is 1.68. The number of carbonyl (C=O) groups excluding carboxylic acids is 1. The van der Waals surface area contributed by atoms with Gasteiger partial charge in [0.05, 0.1) is 7.11 Å². The van der Waals surface area contributed by atoms with Crippen molar-refractivity contribution in [3.8, 4) is 0 Å². The Kier molecular flexibility index (Phi) is 10.7. The molecule has 0 radical (unpaired) electrons. The van der Waals surface area contributed by atoms with Crippen LogP contribution in [0.25, 0.3) is 0 Å². The van der Waals surface area contributed by atoms with Crippen molar-refractivity contribution in [2.24, 2.45) is 10.9 Å². The second kappa shape index (κ2) is 11.3. The van der Waals surface area contributed by atoms with Crippen LogP contribution in [0.3, 0.4) is 0 Å². The van der Waals surface area contributed by atoms with Crippen molar-refractivity contribution >= 4 is 35.9 Å². The lowest BCUT2D eigenvalue weighted by molar-refractivity contribution is 0.0599. The molecule has 0 amide bonds. The van der Waals surface area contributed by atoms with Crippen LogP contribution in [0.1, 0.15) is 49.1 Å². The van der Waals surface area contributed by atoms with Gasteiger partial charge in [-0.1, -0.05) is 13.8 Å². The third-order valence-electron chi connectivity index (χ3n) is 3.13. The first kappa shape index (κ1) is 21.8. The number of ether oxygens (including phenoxy) is 1. The number of hydrogen-bond donors (Lipinski definition) is 2. The molecular weight excluding hydrogens is 409 g/mol. The van der Waals surface area contributed by atoms with E-state index in [1.807, 2.05) is 6.92 Å². The number of carbonyl (C=O) groups is 1. The molecule has 1 aromatic rings. The van der Waals surface area contributed by atoms with Gasteiger partial charge in [-0.3, -0.25) is 0 Å². The predicted octanol–water partition coefficient (Wildman–Crippen LogP) is 3.09. The van der Waals surface area contributed by atoms with Crippen molar-refractivity contribution in [2.45, 2.75) is 40.7 Å². The SMILES string of the molecule is CCNC(=NCc1cc(C(=O)OC)c(C)o1)NCCC(C)C.I. The van der Waals surface area contributed by atoms with Crippen molar-refractivity contribution in [3.63, 3.8) is 0 Å². The van der Waals surface area contributed by atoms with Crippen LogP contribution in [-0.2, 0) is 11.3 Å². The summed E-state index contributed by atoms with van der Waals surface area (Å²) < 4.78 is 10.3. The molecule has 0 saturated carbocycles. The van der Waals surface area contributed by atoms with Gasteiger partial charge in [0.2, 0.25) is 0 Å². The molecule has 0 unspecified atom stereocenters. The van der Waals surface area contributed by atoms with Crippen LogP contribution >= 0.6 is 24.0 Å². The molecule has 7 heteroatoms. The first-order valence-corrected chi connectivity index (χ1v) is 7.67. The number of aryl methyl sites for hydroxylation is 1. The molecule has 0 aliphatic carbocycles. The predicted molar refractivity (Wildman–Crippen MR) is 102 cm³/mol. The fourth-order valence-electron chi connectivity index (χ4n) is 1.91. The maximum atomic E-state index is 11.6. The van der Waals surface area contributed by atoms with Gasteiger partial charge in [0, 0.05) is 13.1 Å². The Bertz CT molecular complexity index is 513. The zero-order valence-corrected chi connectivity index (χ0v) is 16.9. The topological polar surface area (TPSA) is 75.9 Å². The van der Waals surface area contributed by atoms with Gasteiger partial charge < -0.3 is 19.8 Å². The standard InChI is InChI=1S/C16H27N3O3.HI/c1-6-17-16(18-8-7-11(2)3)19-10-13-9-14(12(4)22-13)15(20)21-5;/h9,11H,6-8,10H2,1-5H3,(H2,17,18,19);1H. The molecule has 0 atom stereocenters. The molecule has 23 heavy (non-hydrogen) atoms. The highest BCUT2D eigenvalue weighted by Crippen LogP contribution is 2.16. The van der Waals surface area contributed by atoms with E-state index in [1.165, 1.54) is 7.11 Å². The fraction of sp³-hybridized carbons (Fsp3) is 0.625. The third-order valence-corrected chi connectivity index (χ3v) is 3.13. The molecule has 0 bridgehead atoms. The highest BCUT2D eigenvalue weighted by Gasteiger charge is 2.15. The van der Waals surface area contributed by atoms with E-state index in [4.69, 9.17) is 9.15 Å². The minimum atomic E-state index is -0.390. The molecule has 2 N–H and O–H groups in total. The van der Waals surface area contributed by atoms with Gasteiger partial charge in [-0.15, -0.1) is 24.0 Å². The van der Waals surface area contributed by atoms with Crippen molar-refractivity contribution in [3.05, 3.63) is 23.2 Å². The lowest BCUT2D eigenvalue weighted by Gasteiger charge is -2.11. The summed E-state index contributed by atoms with van der Waals surface area (Å²) in [5.74, 6) is 2.19. The molecule has 1 aromatic heterocycles. The quantitative estimate of drug-likeness (QED) is 0.297. The Morgan fingerprint density at radius 3 is 2.65 bits per heavy atom. The summed E-state index contributed by atoms with van der Waals surface area (Å²) in [6.45, 7) is 10.2. The summed E-state index contributed by atoms with van der Waals surface area (Å²) in [7, 11) is 1.36. The highest BCUT2D eigenvalue weighted by atomic mass is 127. The smallest absolute Gasteiger partial charge is 0.341 e. The van der Waals surface area contributed by atoms with Crippen LogP contribution in [0.5, 0.6) is 0 Å². The number of nitrogens with zero attached hydrogens (tertiary/aromatic N) is 1. The first-order valence-electron chi connectivity index (χ1n) is 7.67. The van der Waals surface area contributed by atoms with Crippen molar-refractivity contribution in [1.82, 2.24) is 10.6 Å². The number of halogens is 1. The van der Waals surface area contributed by atoms with E-state index >= 15 is 0 Å². The van der Waals surface area contributed by atoms with E-state index in [0.29, 0.717) is 29.5 Å². The Morgan fingerprint density at radius 2 is 2.09 bits per heavy atom. The molecule has 0 fully saturated rings. The molecule has 0 aliphatic rings. The van der Waals surface area contributed by atoms with E-state index in [1.54, 1.807) is 13.0 Å². The number of rotatable bonds is 7. The minimum Gasteiger partial charge on any atom is -0.465 e.